The molecule has 0 spiro atoms. The Bertz CT molecular complexity index is 431. The zero-order valence-corrected chi connectivity index (χ0v) is 9.16. The molecule has 0 radical (unpaired) electrons. The number of halogens is 1. The second-order valence-electron chi connectivity index (χ2n) is 2.93. The lowest BCUT2D eigenvalue weighted by Gasteiger charge is -2.00. The normalized spacial score (nSPS) is 10.9. The number of hydrogen-bond donors (Lipinski definition) is 0. The van der Waals surface area contributed by atoms with Crippen LogP contribution in [0.15, 0.2) is 18.5 Å². The summed E-state index contributed by atoms with van der Waals surface area (Å²) >= 11 is 2.32. The second kappa shape index (κ2) is 2.73. The average molecular weight is 272 g/mol. The van der Waals surface area contributed by atoms with E-state index in [4.69, 9.17) is 0 Å². The van der Waals surface area contributed by atoms with E-state index in [9.17, 15) is 0 Å². The molecule has 0 bridgehead atoms. The zero-order chi connectivity index (χ0) is 8.72. The van der Waals surface area contributed by atoms with Crippen LogP contribution >= 0.6 is 22.6 Å². The van der Waals surface area contributed by atoms with Gasteiger partial charge in [-0.3, -0.25) is 0 Å². The van der Waals surface area contributed by atoms with Crippen LogP contribution in [0.5, 0.6) is 0 Å². The first-order valence-electron chi connectivity index (χ1n) is 3.78. The van der Waals surface area contributed by atoms with Crippen LogP contribution in [0.4, 0.5) is 0 Å². The van der Waals surface area contributed by atoms with Crippen LogP contribution in [0.3, 0.4) is 0 Å². The minimum absolute atomic E-state index is 1.06. The molecule has 0 amide bonds. The number of aromatic nitrogens is 2. The van der Waals surface area contributed by atoms with Gasteiger partial charge in [0.15, 0.2) is 0 Å². The summed E-state index contributed by atoms with van der Waals surface area (Å²) in [7, 11) is 0. The van der Waals surface area contributed by atoms with E-state index in [2.05, 4.69) is 58.1 Å². The molecule has 0 N–H and O–H groups in total. The second-order valence-corrected chi connectivity index (χ2v) is 4.18. The van der Waals surface area contributed by atoms with Crippen molar-refractivity contribution in [2.24, 2.45) is 0 Å². The summed E-state index contributed by atoms with van der Waals surface area (Å²) in [4.78, 5) is 4.32. The fraction of sp³-hybridized carbons (Fsp3) is 0.222. The Hall–Kier alpha value is -0.580. The molecule has 0 saturated heterocycles. The van der Waals surface area contributed by atoms with Gasteiger partial charge in [0.1, 0.15) is 5.65 Å². The van der Waals surface area contributed by atoms with Crippen molar-refractivity contribution in [2.75, 3.05) is 0 Å². The smallest absolute Gasteiger partial charge is 0.139 e. The molecule has 12 heavy (non-hydrogen) atoms. The Labute approximate surface area is 84.8 Å². The van der Waals surface area contributed by atoms with Crippen molar-refractivity contribution in [1.29, 1.82) is 0 Å². The maximum Gasteiger partial charge on any atom is 0.139 e. The molecule has 2 rings (SSSR count). The summed E-state index contributed by atoms with van der Waals surface area (Å²) in [6.45, 7) is 4.15. The molecule has 2 heterocycles. The molecule has 2 nitrogen and oxygen atoms in total. The molecular formula is C9H9IN2. The van der Waals surface area contributed by atoms with Gasteiger partial charge < -0.3 is 4.40 Å². The van der Waals surface area contributed by atoms with Gasteiger partial charge in [-0.25, -0.2) is 4.98 Å². The maximum atomic E-state index is 4.32. The molecule has 3 heteroatoms. The Morgan fingerprint density at radius 2 is 2.17 bits per heavy atom. The first kappa shape index (κ1) is 8.04. The Morgan fingerprint density at radius 1 is 1.42 bits per heavy atom. The number of aryl methyl sites for hydroxylation is 2. The van der Waals surface area contributed by atoms with Crippen molar-refractivity contribution in [1.82, 2.24) is 9.38 Å². The molecule has 2 aromatic rings. The lowest BCUT2D eigenvalue weighted by atomic mass is 10.3. The van der Waals surface area contributed by atoms with E-state index >= 15 is 0 Å². The molecule has 0 aliphatic heterocycles. The standard InChI is InChI=1S/C9H9IN2/c1-6-3-8(10)5-12-7(2)4-11-9(6)12/h3-5H,1-2H3. The van der Waals surface area contributed by atoms with Crippen molar-refractivity contribution in [3.8, 4) is 0 Å². The average Bonchev–Trinajstić information content (AvgIpc) is 2.33. The van der Waals surface area contributed by atoms with Gasteiger partial charge in [0.25, 0.3) is 0 Å². The Balaban J connectivity index is 2.92. The Kier molecular flexibility index (Phi) is 1.83. The highest BCUT2D eigenvalue weighted by Crippen LogP contribution is 2.14. The molecule has 0 saturated carbocycles. The van der Waals surface area contributed by atoms with Crippen LogP contribution in [0, 0.1) is 17.4 Å². The predicted octanol–water partition coefficient (Wildman–Crippen LogP) is 2.56. The highest BCUT2D eigenvalue weighted by atomic mass is 127. The van der Waals surface area contributed by atoms with Gasteiger partial charge in [0.05, 0.1) is 0 Å². The number of rotatable bonds is 0. The van der Waals surface area contributed by atoms with Crippen LogP contribution < -0.4 is 0 Å². The first-order chi connectivity index (χ1) is 5.68. The van der Waals surface area contributed by atoms with Crippen LogP contribution in [0.2, 0.25) is 0 Å². The molecule has 0 aliphatic carbocycles. The van der Waals surface area contributed by atoms with Crippen LogP contribution in [-0.2, 0) is 0 Å². The highest BCUT2D eigenvalue weighted by molar-refractivity contribution is 14.1. The maximum absolute atomic E-state index is 4.32. The van der Waals surface area contributed by atoms with Gasteiger partial charge in [-0.05, 0) is 48.1 Å². The SMILES string of the molecule is Cc1cc(I)cn2c(C)cnc12. The summed E-state index contributed by atoms with van der Waals surface area (Å²) in [5, 5.41) is 0. The van der Waals surface area contributed by atoms with E-state index in [0.29, 0.717) is 0 Å². The largest absolute Gasteiger partial charge is 0.303 e. The van der Waals surface area contributed by atoms with Gasteiger partial charge in [-0.2, -0.15) is 0 Å². The number of imidazole rings is 1. The predicted molar refractivity (Wildman–Crippen MR) is 57.4 cm³/mol. The third-order valence-corrected chi connectivity index (χ3v) is 2.53. The molecule has 0 aromatic carbocycles. The van der Waals surface area contributed by atoms with Gasteiger partial charge in [-0.15, -0.1) is 0 Å². The molecule has 0 fully saturated rings. The minimum atomic E-state index is 1.06. The third-order valence-electron chi connectivity index (χ3n) is 1.94. The van der Waals surface area contributed by atoms with E-state index in [0.717, 1.165) is 5.65 Å². The molecular weight excluding hydrogens is 263 g/mol. The van der Waals surface area contributed by atoms with E-state index in [1.54, 1.807) is 0 Å². The summed E-state index contributed by atoms with van der Waals surface area (Å²) in [5.41, 5.74) is 3.48. The third kappa shape index (κ3) is 1.12. The quantitative estimate of drug-likeness (QED) is 0.674. The lowest BCUT2D eigenvalue weighted by Crippen LogP contribution is -1.91. The number of hydrogen-bond acceptors (Lipinski definition) is 1. The van der Waals surface area contributed by atoms with Crippen molar-refractivity contribution in [3.05, 3.63) is 33.3 Å². The van der Waals surface area contributed by atoms with Crippen LogP contribution in [-0.4, -0.2) is 9.38 Å². The highest BCUT2D eigenvalue weighted by Gasteiger charge is 2.02. The summed E-state index contributed by atoms with van der Waals surface area (Å²) in [5.74, 6) is 0. The minimum Gasteiger partial charge on any atom is -0.303 e. The monoisotopic (exact) mass is 272 g/mol. The number of fused-ring (bicyclic) bond motifs is 1. The molecule has 0 unspecified atom stereocenters. The summed E-state index contributed by atoms with van der Waals surface area (Å²) < 4.78 is 3.37. The van der Waals surface area contributed by atoms with E-state index in [1.807, 2.05) is 6.20 Å². The molecule has 62 valence electrons. The van der Waals surface area contributed by atoms with Crippen molar-refractivity contribution >= 4 is 28.2 Å². The summed E-state index contributed by atoms with van der Waals surface area (Å²) in [6.07, 6.45) is 4.00. The number of pyridine rings is 1. The van der Waals surface area contributed by atoms with Crippen LogP contribution in [0.1, 0.15) is 11.3 Å². The van der Waals surface area contributed by atoms with Gasteiger partial charge in [0.2, 0.25) is 0 Å². The molecule has 2 aromatic heterocycles. The van der Waals surface area contributed by atoms with Gasteiger partial charge in [-0.1, -0.05) is 0 Å². The van der Waals surface area contributed by atoms with E-state index in [1.165, 1.54) is 14.8 Å². The van der Waals surface area contributed by atoms with Crippen molar-refractivity contribution in [3.63, 3.8) is 0 Å². The molecule has 0 atom stereocenters. The fourth-order valence-electron chi connectivity index (χ4n) is 1.33. The Morgan fingerprint density at radius 3 is 2.92 bits per heavy atom. The number of nitrogens with zero attached hydrogens (tertiary/aromatic N) is 2. The molecule has 0 aliphatic rings. The van der Waals surface area contributed by atoms with Gasteiger partial charge >= 0.3 is 0 Å². The van der Waals surface area contributed by atoms with Crippen molar-refractivity contribution < 1.29 is 0 Å². The van der Waals surface area contributed by atoms with Crippen molar-refractivity contribution in [2.45, 2.75) is 13.8 Å². The van der Waals surface area contributed by atoms with E-state index < -0.39 is 0 Å². The lowest BCUT2D eigenvalue weighted by molar-refractivity contribution is 1.09. The topological polar surface area (TPSA) is 17.3 Å². The fourth-order valence-corrected chi connectivity index (χ4v) is 2.08. The first-order valence-corrected chi connectivity index (χ1v) is 4.86. The van der Waals surface area contributed by atoms with Gasteiger partial charge in [0, 0.05) is 21.7 Å². The zero-order valence-electron chi connectivity index (χ0n) is 7.00. The van der Waals surface area contributed by atoms with E-state index in [-0.39, 0.29) is 0 Å². The van der Waals surface area contributed by atoms with Crippen LogP contribution in [0.25, 0.3) is 5.65 Å². The summed E-state index contributed by atoms with van der Waals surface area (Å²) in [6, 6.07) is 2.14.